The van der Waals surface area contributed by atoms with Crippen LogP contribution in [0.2, 0.25) is 5.02 Å². The minimum absolute atomic E-state index is 0.185. The van der Waals surface area contributed by atoms with Crippen LogP contribution in [0.15, 0.2) is 76.0 Å². The summed E-state index contributed by atoms with van der Waals surface area (Å²) in [5, 5.41) is 1.23. The Morgan fingerprint density at radius 3 is 2.50 bits per heavy atom. The van der Waals surface area contributed by atoms with Crippen molar-refractivity contribution >= 4 is 43.0 Å². The topological polar surface area (TPSA) is 47.0 Å². The standard InChI is InChI=1S/C20H14ClNO2S2/c1-13-7-9-14(10-8-13)18-17-6-3-11-22-19(17)25-20(18)26(23,24)16-5-2-4-15(21)12-16/h2-12H,1H3. The minimum Gasteiger partial charge on any atom is -0.245 e. The molecule has 0 aliphatic rings. The van der Waals surface area contributed by atoms with Gasteiger partial charge in [0.2, 0.25) is 9.84 Å². The van der Waals surface area contributed by atoms with Crippen LogP contribution in [0.25, 0.3) is 21.3 Å². The van der Waals surface area contributed by atoms with Crippen LogP contribution in [-0.4, -0.2) is 13.4 Å². The van der Waals surface area contributed by atoms with Gasteiger partial charge in [-0.2, -0.15) is 0 Å². The van der Waals surface area contributed by atoms with Gasteiger partial charge in [0, 0.05) is 22.2 Å². The van der Waals surface area contributed by atoms with Crippen molar-refractivity contribution in [3.63, 3.8) is 0 Å². The number of halogens is 1. The molecule has 6 heteroatoms. The third-order valence-corrected chi connectivity index (χ3v) is 7.74. The molecule has 0 amide bonds. The molecule has 2 aromatic carbocycles. The van der Waals surface area contributed by atoms with Crippen LogP contribution in [0.1, 0.15) is 5.56 Å². The number of benzene rings is 2. The van der Waals surface area contributed by atoms with Crippen molar-refractivity contribution < 1.29 is 8.42 Å². The number of pyridine rings is 1. The molecule has 2 aromatic heterocycles. The fourth-order valence-corrected chi connectivity index (χ4v) is 6.20. The van der Waals surface area contributed by atoms with E-state index in [2.05, 4.69) is 4.98 Å². The Kier molecular flexibility index (Phi) is 4.31. The molecule has 0 aliphatic heterocycles. The van der Waals surface area contributed by atoms with Crippen LogP contribution in [0.3, 0.4) is 0 Å². The van der Waals surface area contributed by atoms with Crippen LogP contribution in [-0.2, 0) is 9.84 Å². The number of thiophene rings is 1. The zero-order chi connectivity index (χ0) is 18.3. The second-order valence-electron chi connectivity index (χ2n) is 5.95. The van der Waals surface area contributed by atoms with Gasteiger partial charge in [0.25, 0.3) is 0 Å². The highest BCUT2D eigenvalue weighted by Gasteiger charge is 2.27. The van der Waals surface area contributed by atoms with Gasteiger partial charge in [0.1, 0.15) is 9.04 Å². The lowest BCUT2D eigenvalue weighted by Gasteiger charge is -2.08. The lowest BCUT2D eigenvalue weighted by atomic mass is 10.0. The van der Waals surface area contributed by atoms with Gasteiger partial charge in [0.15, 0.2) is 0 Å². The van der Waals surface area contributed by atoms with Crippen LogP contribution in [0, 0.1) is 6.92 Å². The highest BCUT2D eigenvalue weighted by Crippen LogP contribution is 2.43. The number of sulfone groups is 1. The van der Waals surface area contributed by atoms with Gasteiger partial charge in [0.05, 0.1) is 4.90 Å². The van der Waals surface area contributed by atoms with Crippen molar-refractivity contribution in [3.8, 4) is 11.1 Å². The smallest absolute Gasteiger partial charge is 0.216 e. The van der Waals surface area contributed by atoms with Crippen molar-refractivity contribution in [2.75, 3.05) is 0 Å². The van der Waals surface area contributed by atoms with Gasteiger partial charge >= 0.3 is 0 Å². The van der Waals surface area contributed by atoms with Gasteiger partial charge < -0.3 is 0 Å². The summed E-state index contributed by atoms with van der Waals surface area (Å²) in [6.45, 7) is 2.00. The first kappa shape index (κ1) is 17.2. The Morgan fingerprint density at radius 1 is 1.00 bits per heavy atom. The molecule has 3 nitrogen and oxygen atoms in total. The van der Waals surface area contributed by atoms with Crippen LogP contribution >= 0.6 is 22.9 Å². The van der Waals surface area contributed by atoms with E-state index in [4.69, 9.17) is 11.6 Å². The van der Waals surface area contributed by atoms with Gasteiger partial charge in [-0.1, -0.05) is 47.5 Å². The number of rotatable bonds is 3. The molecular formula is C20H14ClNO2S2. The van der Waals surface area contributed by atoms with Gasteiger partial charge in [-0.3, -0.25) is 0 Å². The van der Waals surface area contributed by atoms with E-state index in [0.717, 1.165) is 16.5 Å². The highest BCUT2D eigenvalue weighted by atomic mass is 35.5. The van der Waals surface area contributed by atoms with E-state index in [1.807, 2.05) is 43.3 Å². The Hall–Kier alpha value is -2.21. The molecule has 0 fully saturated rings. The predicted octanol–water partition coefficient (Wildman–Crippen LogP) is 5.76. The van der Waals surface area contributed by atoms with Crippen molar-refractivity contribution in [1.29, 1.82) is 0 Å². The molecule has 0 atom stereocenters. The number of hydrogen-bond donors (Lipinski definition) is 0. The molecule has 0 aliphatic carbocycles. The summed E-state index contributed by atoms with van der Waals surface area (Å²) in [7, 11) is -3.72. The van der Waals surface area contributed by atoms with Crippen molar-refractivity contribution in [2.24, 2.45) is 0 Å². The fraction of sp³-hybridized carbons (Fsp3) is 0.0500. The first-order chi connectivity index (χ1) is 12.5. The Morgan fingerprint density at radius 2 is 1.77 bits per heavy atom. The second-order valence-corrected chi connectivity index (χ2v) is 9.53. The summed E-state index contributed by atoms with van der Waals surface area (Å²) >= 11 is 7.21. The van der Waals surface area contributed by atoms with E-state index >= 15 is 0 Å². The molecule has 0 unspecified atom stereocenters. The summed E-state index contributed by atoms with van der Waals surface area (Å²) in [6.07, 6.45) is 1.67. The Labute approximate surface area is 160 Å². The summed E-state index contributed by atoms with van der Waals surface area (Å²) in [5.74, 6) is 0. The molecule has 0 saturated carbocycles. The van der Waals surface area contributed by atoms with E-state index in [1.165, 1.54) is 17.4 Å². The Balaban J connectivity index is 2.04. The average Bonchev–Trinajstić information content (AvgIpc) is 3.03. The number of hydrogen-bond acceptors (Lipinski definition) is 4. The van der Waals surface area contributed by atoms with E-state index < -0.39 is 9.84 Å². The third-order valence-electron chi connectivity index (χ3n) is 4.12. The average molecular weight is 400 g/mol. The van der Waals surface area contributed by atoms with E-state index in [9.17, 15) is 8.42 Å². The lowest BCUT2D eigenvalue weighted by molar-refractivity contribution is 0.598. The Bertz CT molecular complexity index is 1210. The van der Waals surface area contributed by atoms with E-state index in [-0.39, 0.29) is 9.10 Å². The zero-order valence-corrected chi connectivity index (χ0v) is 16.2. The van der Waals surface area contributed by atoms with Crippen LogP contribution < -0.4 is 0 Å². The largest absolute Gasteiger partial charge is 0.245 e. The highest BCUT2D eigenvalue weighted by molar-refractivity contribution is 7.93. The maximum Gasteiger partial charge on any atom is 0.216 e. The lowest BCUT2D eigenvalue weighted by Crippen LogP contribution is -2.01. The van der Waals surface area contributed by atoms with E-state index in [0.29, 0.717) is 15.4 Å². The SMILES string of the molecule is Cc1ccc(-c2c(S(=O)(=O)c3cccc(Cl)c3)sc3ncccc23)cc1. The van der Waals surface area contributed by atoms with Crippen molar-refractivity contribution in [1.82, 2.24) is 4.98 Å². The summed E-state index contributed by atoms with van der Waals surface area (Å²) in [5.41, 5.74) is 2.67. The molecule has 4 aromatic rings. The monoisotopic (exact) mass is 399 g/mol. The predicted molar refractivity (Wildman–Crippen MR) is 107 cm³/mol. The molecule has 0 N–H and O–H groups in total. The van der Waals surface area contributed by atoms with Crippen molar-refractivity contribution in [3.05, 3.63) is 77.4 Å². The summed E-state index contributed by atoms with van der Waals surface area (Å²) in [4.78, 5) is 5.24. The molecule has 0 saturated heterocycles. The van der Waals surface area contributed by atoms with Gasteiger partial charge in [-0.15, -0.1) is 11.3 Å². The third kappa shape index (κ3) is 2.92. The maximum atomic E-state index is 13.3. The van der Waals surface area contributed by atoms with Crippen molar-refractivity contribution in [2.45, 2.75) is 16.0 Å². The molecule has 0 bridgehead atoms. The van der Waals surface area contributed by atoms with Gasteiger partial charge in [-0.25, -0.2) is 13.4 Å². The van der Waals surface area contributed by atoms with Gasteiger partial charge in [-0.05, 0) is 42.8 Å². The number of aromatic nitrogens is 1. The number of fused-ring (bicyclic) bond motifs is 1. The molecule has 130 valence electrons. The first-order valence-corrected chi connectivity index (χ1v) is 10.6. The maximum absolute atomic E-state index is 13.3. The van der Waals surface area contributed by atoms with Crippen LogP contribution in [0.4, 0.5) is 0 Å². The fourth-order valence-electron chi connectivity index (χ4n) is 2.84. The molecule has 0 spiro atoms. The van der Waals surface area contributed by atoms with Crippen LogP contribution in [0.5, 0.6) is 0 Å². The second kappa shape index (κ2) is 6.50. The molecule has 2 heterocycles. The molecule has 26 heavy (non-hydrogen) atoms. The quantitative estimate of drug-likeness (QED) is 0.440. The van der Waals surface area contributed by atoms with E-state index in [1.54, 1.807) is 24.4 Å². The summed E-state index contributed by atoms with van der Waals surface area (Å²) in [6, 6.07) is 17.9. The number of aryl methyl sites for hydroxylation is 1. The minimum atomic E-state index is -3.72. The molecular weight excluding hydrogens is 386 g/mol. The molecule has 4 rings (SSSR count). The summed E-state index contributed by atoms with van der Waals surface area (Å²) < 4.78 is 27.0. The molecule has 0 radical (unpaired) electrons. The zero-order valence-electron chi connectivity index (χ0n) is 13.8. The first-order valence-electron chi connectivity index (χ1n) is 7.92. The number of nitrogens with zero attached hydrogens (tertiary/aromatic N) is 1. The normalized spacial score (nSPS) is 11.8.